The smallest absolute Gasteiger partial charge is 0.417 e. The molecule has 1 aliphatic rings. The predicted octanol–water partition coefficient (Wildman–Crippen LogP) is 4.99. The standard InChI is InChI=1S/C25H23N3O7/c1-33-23(29)25(13-2-14-25)16-34-22-12-5-18(15-26-22)17-3-6-19(7-4-17)27-24(30)35-21-10-8-20(9-11-21)28(31)32/h3-12,15H,2,13-14,16H2,1H3,(H,27,30). The van der Waals surface area contributed by atoms with E-state index in [1.165, 1.54) is 31.4 Å². The number of ether oxygens (including phenoxy) is 3. The van der Waals surface area contributed by atoms with Gasteiger partial charge < -0.3 is 14.2 Å². The van der Waals surface area contributed by atoms with Crippen molar-refractivity contribution in [2.75, 3.05) is 19.0 Å². The summed E-state index contributed by atoms with van der Waals surface area (Å²) in [5, 5.41) is 13.3. The van der Waals surface area contributed by atoms with Gasteiger partial charge in [0.15, 0.2) is 0 Å². The normalized spacial score (nSPS) is 13.7. The Morgan fingerprint density at radius 1 is 1.03 bits per heavy atom. The molecular weight excluding hydrogens is 454 g/mol. The Hall–Kier alpha value is -4.47. The zero-order valence-corrected chi connectivity index (χ0v) is 18.9. The fourth-order valence-electron chi connectivity index (χ4n) is 3.71. The highest BCUT2D eigenvalue weighted by Crippen LogP contribution is 2.42. The molecule has 10 nitrogen and oxygen atoms in total. The van der Waals surface area contributed by atoms with Gasteiger partial charge in [0.2, 0.25) is 5.88 Å². The number of rotatable bonds is 8. The summed E-state index contributed by atoms with van der Waals surface area (Å²) in [6, 6.07) is 15.9. The fraction of sp³-hybridized carbons (Fsp3) is 0.240. The second-order valence-corrected chi connectivity index (χ2v) is 8.14. The molecular formula is C25H23N3O7. The molecule has 1 amide bonds. The third-order valence-corrected chi connectivity index (χ3v) is 5.88. The van der Waals surface area contributed by atoms with Crippen molar-refractivity contribution in [3.05, 3.63) is 77.0 Å². The van der Waals surface area contributed by atoms with Crippen LogP contribution in [0.2, 0.25) is 0 Å². The van der Waals surface area contributed by atoms with E-state index in [-0.39, 0.29) is 24.0 Å². The maximum Gasteiger partial charge on any atom is 0.417 e. The highest BCUT2D eigenvalue weighted by Gasteiger charge is 2.46. The molecule has 0 spiro atoms. The van der Waals surface area contributed by atoms with E-state index in [9.17, 15) is 19.7 Å². The lowest BCUT2D eigenvalue weighted by Crippen LogP contribution is -2.44. The van der Waals surface area contributed by atoms with Gasteiger partial charge in [0.1, 0.15) is 17.8 Å². The molecule has 1 saturated carbocycles. The number of nitrogens with zero attached hydrogens (tertiary/aromatic N) is 2. The topological polar surface area (TPSA) is 130 Å². The number of hydrogen-bond acceptors (Lipinski definition) is 8. The third-order valence-electron chi connectivity index (χ3n) is 5.88. The Bertz CT molecular complexity index is 1210. The van der Waals surface area contributed by atoms with Crippen molar-refractivity contribution in [3.8, 4) is 22.8 Å². The SMILES string of the molecule is COC(=O)C1(COc2ccc(-c3ccc(NC(=O)Oc4ccc([N+](=O)[O-])cc4)cc3)cn2)CCC1. The van der Waals surface area contributed by atoms with Gasteiger partial charge in [-0.1, -0.05) is 18.6 Å². The van der Waals surface area contributed by atoms with Crippen molar-refractivity contribution in [1.82, 2.24) is 4.98 Å². The van der Waals surface area contributed by atoms with Gasteiger partial charge in [0.05, 0.1) is 12.0 Å². The molecule has 10 heteroatoms. The quantitative estimate of drug-likeness (QED) is 0.273. The molecule has 0 bridgehead atoms. The van der Waals surface area contributed by atoms with Gasteiger partial charge in [-0.25, -0.2) is 9.78 Å². The van der Waals surface area contributed by atoms with E-state index in [1.807, 2.05) is 18.2 Å². The molecule has 1 N–H and O–H groups in total. The number of methoxy groups -OCH3 is 1. The number of non-ortho nitro benzene ring substituents is 1. The number of nitro benzene ring substituents is 1. The van der Waals surface area contributed by atoms with Crippen molar-refractivity contribution in [3.63, 3.8) is 0 Å². The summed E-state index contributed by atoms with van der Waals surface area (Å²) in [6.45, 7) is 0.238. The summed E-state index contributed by atoms with van der Waals surface area (Å²) in [5.41, 5.74) is 1.58. The Kier molecular flexibility index (Phi) is 6.91. The molecule has 1 heterocycles. The van der Waals surface area contributed by atoms with Crippen molar-refractivity contribution in [2.45, 2.75) is 19.3 Å². The first-order valence-electron chi connectivity index (χ1n) is 10.9. The summed E-state index contributed by atoms with van der Waals surface area (Å²) < 4.78 is 15.8. The Balaban J connectivity index is 1.31. The maximum absolute atomic E-state index is 12.1. The number of nitro groups is 1. The molecule has 3 aromatic rings. The van der Waals surface area contributed by atoms with Crippen LogP contribution in [0, 0.1) is 15.5 Å². The third kappa shape index (κ3) is 5.55. The molecule has 1 fully saturated rings. The lowest BCUT2D eigenvalue weighted by molar-refractivity contribution is -0.384. The minimum Gasteiger partial charge on any atom is -0.476 e. The van der Waals surface area contributed by atoms with E-state index in [0.717, 1.165) is 30.4 Å². The predicted molar refractivity (Wildman–Crippen MR) is 126 cm³/mol. The van der Waals surface area contributed by atoms with Gasteiger partial charge in [0, 0.05) is 35.6 Å². The Labute approximate surface area is 201 Å². The molecule has 1 aliphatic carbocycles. The summed E-state index contributed by atoms with van der Waals surface area (Å²) in [4.78, 5) is 38.6. The molecule has 2 aromatic carbocycles. The van der Waals surface area contributed by atoms with E-state index in [1.54, 1.807) is 24.4 Å². The highest BCUT2D eigenvalue weighted by atomic mass is 16.6. The minimum atomic E-state index is -0.717. The number of pyridine rings is 1. The van der Waals surface area contributed by atoms with E-state index in [0.29, 0.717) is 11.6 Å². The maximum atomic E-state index is 12.1. The van der Waals surface area contributed by atoms with Gasteiger partial charge in [-0.05, 0) is 48.7 Å². The number of aromatic nitrogens is 1. The molecule has 0 saturated heterocycles. The lowest BCUT2D eigenvalue weighted by atomic mass is 9.69. The van der Waals surface area contributed by atoms with Crippen molar-refractivity contribution < 1.29 is 28.7 Å². The average molecular weight is 477 g/mol. The van der Waals surface area contributed by atoms with Crippen molar-refractivity contribution in [2.24, 2.45) is 5.41 Å². The van der Waals surface area contributed by atoms with Crippen LogP contribution in [0.3, 0.4) is 0 Å². The number of hydrogen-bond donors (Lipinski definition) is 1. The van der Waals surface area contributed by atoms with Gasteiger partial charge in [-0.2, -0.15) is 0 Å². The summed E-state index contributed by atoms with van der Waals surface area (Å²) in [5.74, 6) is 0.370. The molecule has 35 heavy (non-hydrogen) atoms. The number of esters is 1. The molecule has 0 aliphatic heterocycles. The molecule has 180 valence electrons. The van der Waals surface area contributed by atoms with Crippen LogP contribution < -0.4 is 14.8 Å². The van der Waals surface area contributed by atoms with Gasteiger partial charge in [-0.3, -0.25) is 20.2 Å². The van der Waals surface area contributed by atoms with E-state index in [4.69, 9.17) is 14.2 Å². The number of carbonyl (C=O) groups excluding carboxylic acids is 2. The van der Waals surface area contributed by atoms with Crippen molar-refractivity contribution in [1.29, 1.82) is 0 Å². The van der Waals surface area contributed by atoms with Crippen molar-refractivity contribution >= 4 is 23.4 Å². The minimum absolute atomic E-state index is 0.0918. The van der Waals surface area contributed by atoms with Gasteiger partial charge >= 0.3 is 12.1 Å². The lowest BCUT2D eigenvalue weighted by Gasteiger charge is -2.38. The molecule has 1 aromatic heterocycles. The average Bonchev–Trinajstić information content (AvgIpc) is 2.84. The Morgan fingerprint density at radius 3 is 2.26 bits per heavy atom. The van der Waals surface area contributed by atoms with Crippen LogP contribution in [0.25, 0.3) is 11.1 Å². The summed E-state index contributed by atoms with van der Waals surface area (Å²) in [6.07, 6.45) is 3.43. The van der Waals surface area contributed by atoms with Crippen LogP contribution >= 0.6 is 0 Å². The van der Waals surface area contributed by atoms with Crippen LogP contribution in [-0.2, 0) is 9.53 Å². The van der Waals surface area contributed by atoms with Crippen LogP contribution in [-0.4, -0.2) is 35.7 Å². The van der Waals surface area contributed by atoms with Crippen LogP contribution in [0.1, 0.15) is 19.3 Å². The molecule has 0 atom stereocenters. The number of anilines is 1. The monoisotopic (exact) mass is 477 g/mol. The molecule has 0 unspecified atom stereocenters. The highest BCUT2D eigenvalue weighted by molar-refractivity contribution is 5.86. The first-order valence-corrected chi connectivity index (χ1v) is 10.9. The summed E-state index contributed by atoms with van der Waals surface area (Å²) in [7, 11) is 1.39. The van der Waals surface area contributed by atoms with Crippen LogP contribution in [0.4, 0.5) is 16.2 Å². The number of carbonyl (C=O) groups is 2. The van der Waals surface area contributed by atoms with E-state index < -0.39 is 16.4 Å². The number of benzene rings is 2. The van der Waals surface area contributed by atoms with Gasteiger partial charge in [-0.15, -0.1) is 0 Å². The summed E-state index contributed by atoms with van der Waals surface area (Å²) >= 11 is 0. The zero-order valence-electron chi connectivity index (χ0n) is 18.9. The van der Waals surface area contributed by atoms with Gasteiger partial charge in [0.25, 0.3) is 5.69 Å². The van der Waals surface area contributed by atoms with Crippen LogP contribution in [0.5, 0.6) is 11.6 Å². The molecule has 0 radical (unpaired) electrons. The first-order chi connectivity index (χ1) is 16.9. The second kappa shape index (κ2) is 10.2. The van der Waals surface area contributed by atoms with E-state index >= 15 is 0 Å². The molecule has 4 rings (SSSR count). The zero-order chi connectivity index (χ0) is 24.8. The Morgan fingerprint density at radius 2 is 1.71 bits per heavy atom. The number of nitrogens with one attached hydrogen (secondary N) is 1. The second-order valence-electron chi connectivity index (χ2n) is 8.14. The fourth-order valence-corrected chi connectivity index (χ4v) is 3.71. The largest absolute Gasteiger partial charge is 0.476 e. The first kappa shape index (κ1) is 23.7. The number of amides is 1. The van der Waals surface area contributed by atoms with E-state index in [2.05, 4.69) is 10.3 Å². The van der Waals surface area contributed by atoms with Crippen LogP contribution in [0.15, 0.2) is 66.9 Å².